The van der Waals surface area contributed by atoms with Crippen LogP contribution in [0.3, 0.4) is 0 Å². The molecule has 0 bridgehead atoms. The third kappa shape index (κ3) is 6.12. The lowest BCUT2D eigenvalue weighted by molar-refractivity contribution is -0.128. The first kappa shape index (κ1) is 26.3. The molecule has 0 aliphatic carbocycles. The number of aliphatic imine (C=N–C) groups is 1. The number of carbonyl (C=O) groups excluding carboxylic acids is 2. The molecule has 1 atom stereocenters. The molecule has 12 heteroatoms. The summed E-state index contributed by atoms with van der Waals surface area (Å²) < 4.78 is 45.4. The number of hydrogen-bond acceptors (Lipinski definition) is 7. The van der Waals surface area contributed by atoms with E-state index < -0.39 is 21.1 Å². The lowest BCUT2D eigenvalue weighted by Gasteiger charge is -2.26. The van der Waals surface area contributed by atoms with E-state index in [-0.39, 0.29) is 23.1 Å². The second-order valence-corrected chi connectivity index (χ2v) is 11.4. The van der Waals surface area contributed by atoms with Crippen LogP contribution >= 0.6 is 11.8 Å². The minimum Gasteiger partial charge on any atom is -0.379 e. The lowest BCUT2D eigenvalue weighted by atomic mass is 10.2. The van der Waals surface area contributed by atoms with Gasteiger partial charge in [0.2, 0.25) is 21.8 Å². The zero-order valence-electron chi connectivity index (χ0n) is 19.7. The van der Waals surface area contributed by atoms with Gasteiger partial charge in [-0.1, -0.05) is 18.7 Å². The second kappa shape index (κ2) is 11.5. The van der Waals surface area contributed by atoms with Crippen LogP contribution in [-0.4, -0.2) is 72.7 Å². The molecule has 2 aromatic carbocycles. The van der Waals surface area contributed by atoms with Gasteiger partial charge in [0.15, 0.2) is 5.17 Å². The van der Waals surface area contributed by atoms with Crippen LogP contribution in [0.1, 0.15) is 19.8 Å². The van der Waals surface area contributed by atoms with Gasteiger partial charge < -0.3 is 10.1 Å². The largest absolute Gasteiger partial charge is 0.379 e. The molecule has 2 aromatic rings. The highest BCUT2D eigenvalue weighted by atomic mass is 32.2. The molecular weight excluding hydrogens is 507 g/mol. The molecule has 0 radical (unpaired) electrons. The van der Waals surface area contributed by atoms with Crippen LogP contribution in [0.2, 0.25) is 0 Å². The predicted molar refractivity (Wildman–Crippen MR) is 136 cm³/mol. The van der Waals surface area contributed by atoms with Crippen molar-refractivity contribution < 1.29 is 27.1 Å². The SMILES string of the molecule is CCCN1C(=O)[C@@H](CC(=O)Nc2ccc(F)cc2)SC1=Nc1ccc(S(=O)(=O)N2CCOCC2)cc1. The number of sulfonamides is 1. The summed E-state index contributed by atoms with van der Waals surface area (Å²) in [4.78, 5) is 31.8. The molecule has 1 N–H and O–H groups in total. The number of rotatable bonds is 8. The van der Waals surface area contributed by atoms with Crippen molar-refractivity contribution in [1.29, 1.82) is 0 Å². The van der Waals surface area contributed by atoms with Gasteiger partial charge >= 0.3 is 0 Å². The average Bonchev–Trinajstić information content (AvgIpc) is 3.15. The van der Waals surface area contributed by atoms with Gasteiger partial charge in [0.1, 0.15) is 11.1 Å². The van der Waals surface area contributed by atoms with Gasteiger partial charge in [0, 0.05) is 31.7 Å². The number of carbonyl (C=O) groups is 2. The summed E-state index contributed by atoms with van der Waals surface area (Å²) in [6.07, 6.45) is 0.646. The van der Waals surface area contributed by atoms with E-state index >= 15 is 0 Å². The molecule has 2 amide bonds. The molecule has 192 valence electrons. The van der Waals surface area contributed by atoms with Gasteiger partial charge in [-0.25, -0.2) is 17.8 Å². The quantitative estimate of drug-likeness (QED) is 0.557. The van der Waals surface area contributed by atoms with E-state index in [2.05, 4.69) is 10.3 Å². The molecule has 2 fully saturated rings. The highest BCUT2D eigenvalue weighted by Crippen LogP contribution is 2.32. The molecule has 2 aliphatic heterocycles. The number of morpholine rings is 1. The monoisotopic (exact) mass is 534 g/mol. The maximum Gasteiger partial charge on any atom is 0.243 e. The van der Waals surface area contributed by atoms with E-state index in [9.17, 15) is 22.4 Å². The normalized spacial score (nSPS) is 20.2. The van der Waals surface area contributed by atoms with Gasteiger partial charge in [0.05, 0.1) is 23.8 Å². The highest BCUT2D eigenvalue weighted by Gasteiger charge is 2.38. The summed E-state index contributed by atoms with van der Waals surface area (Å²) in [5.74, 6) is -0.971. The Labute approximate surface area is 213 Å². The highest BCUT2D eigenvalue weighted by molar-refractivity contribution is 8.15. The van der Waals surface area contributed by atoms with Crippen LogP contribution in [0.25, 0.3) is 0 Å². The number of hydrogen-bond donors (Lipinski definition) is 1. The number of halogens is 1. The first-order chi connectivity index (χ1) is 17.3. The fraction of sp³-hybridized carbons (Fsp3) is 0.375. The number of nitrogens with zero attached hydrogens (tertiary/aromatic N) is 3. The molecule has 4 rings (SSSR count). The van der Waals surface area contributed by atoms with Crippen LogP contribution in [0.4, 0.5) is 15.8 Å². The number of ether oxygens (including phenoxy) is 1. The topological polar surface area (TPSA) is 108 Å². The predicted octanol–water partition coefficient (Wildman–Crippen LogP) is 3.22. The number of amides is 2. The van der Waals surface area contributed by atoms with Crippen molar-refractivity contribution in [2.75, 3.05) is 38.2 Å². The van der Waals surface area contributed by atoms with Gasteiger partial charge in [-0.2, -0.15) is 4.31 Å². The number of amidine groups is 1. The Bertz CT molecular complexity index is 1230. The maximum atomic E-state index is 13.1. The summed E-state index contributed by atoms with van der Waals surface area (Å²) in [7, 11) is -3.61. The van der Waals surface area contributed by atoms with E-state index in [0.717, 1.165) is 0 Å². The smallest absolute Gasteiger partial charge is 0.243 e. The molecule has 2 heterocycles. The summed E-state index contributed by atoms with van der Waals surface area (Å²) in [5, 5.41) is 2.50. The van der Waals surface area contributed by atoms with Gasteiger partial charge in [0.25, 0.3) is 0 Å². The van der Waals surface area contributed by atoms with Gasteiger partial charge in [-0.15, -0.1) is 0 Å². The summed E-state index contributed by atoms with van der Waals surface area (Å²) >= 11 is 1.20. The van der Waals surface area contributed by atoms with Crippen molar-refractivity contribution in [2.45, 2.75) is 29.9 Å². The molecular formula is C24H27FN4O5S2. The van der Waals surface area contributed by atoms with E-state index in [4.69, 9.17) is 4.74 Å². The minimum atomic E-state index is -3.61. The number of benzene rings is 2. The third-order valence-electron chi connectivity index (χ3n) is 5.64. The molecule has 2 aliphatic rings. The Kier molecular flexibility index (Phi) is 8.39. The molecule has 2 saturated heterocycles. The minimum absolute atomic E-state index is 0.0587. The van der Waals surface area contributed by atoms with Gasteiger partial charge in [-0.3, -0.25) is 14.5 Å². The van der Waals surface area contributed by atoms with Crippen molar-refractivity contribution in [2.24, 2.45) is 4.99 Å². The number of anilines is 1. The fourth-order valence-corrected chi connectivity index (χ4v) is 6.40. The van der Waals surface area contributed by atoms with E-state index in [1.807, 2.05) is 6.92 Å². The zero-order chi connectivity index (χ0) is 25.7. The van der Waals surface area contributed by atoms with Crippen molar-refractivity contribution in [3.05, 3.63) is 54.3 Å². The van der Waals surface area contributed by atoms with E-state index in [1.54, 1.807) is 17.0 Å². The zero-order valence-corrected chi connectivity index (χ0v) is 21.4. The Hall–Kier alpha value is -2.80. The Morgan fingerprint density at radius 1 is 1.14 bits per heavy atom. The number of nitrogens with one attached hydrogen (secondary N) is 1. The van der Waals surface area contributed by atoms with Crippen molar-refractivity contribution in [3.63, 3.8) is 0 Å². The van der Waals surface area contributed by atoms with Gasteiger partial charge in [-0.05, 0) is 55.0 Å². The number of thioether (sulfide) groups is 1. The van der Waals surface area contributed by atoms with Crippen LogP contribution in [0.5, 0.6) is 0 Å². The van der Waals surface area contributed by atoms with Crippen LogP contribution < -0.4 is 5.32 Å². The Morgan fingerprint density at radius 2 is 1.81 bits per heavy atom. The third-order valence-corrected chi connectivity index (χ3v) is 8.72. The van der Waals surface area contributed by atoms with E-state index in [0.29, 0.717) is 55.8 Å². The Balaban J connectivity index is 1.46. The Morgan fingerprint density at radius 3 is 2.44 bits per heavy atom. The first-order valence-corrected chi connectivity index (χ1v) is 13.9. The second-order valence-electron chi connectivity index (χ2n) is 8.26. The summed E-state index contributed by atoms with van der Waals surface area (Å²) in [6, 6.07) is 11.6. The summed E-state index contributed by atoms with van der Waals surface area (Å²) in [5.41, 5.74) is 0.951. The molecule has 0 aromatic heterocycles. The average molecular weight is 535 g/mol. The molecule has 0 unspecified atom stereocenters. The van der Waals surface area contributed by atoms with Crippen LogP contribution in [-0.2, 0) is 24.3 Å². The molecule has 0 saturated carbocycles. The van der Waals surface area contributed by atoms with Crippen molar-refractivity contribution in [1.82, 2.24) is 9.21 Å². The standard InChI is InChI=1S/C24H27FN4O5S2/c1-2-11-29-23(31)21(16-22(30)26-18-5-3-17(25)4-6-18)35-24(29)27-19-7-9-20(10-8-19)36(32,33)28-12-14-34-15-13-28/h3-10,21H,2,11-16H2,1H3,(H,26,30)/t21-/m1/s1. The maximum absolute atomic E-state index is 13.1. The van der Waals surface area contributed by atoms with E-state index in [1.165, 1.54) is 52.5 Å². The van der Waals surface area contributed by atoms with Crippen molar-refractivity contribution >= 4 is 50.1 Å². The summed E-state index contributed by atoms with van der Waals surface area (Å²) in [6.45, 7) is 3.75. The van der Waals surface area contributed by atoms with Crippen LogP contribution in [0.15, 0.2) is 58.4 Å². The lowest BCUT2D eigenvalue weighted by Crippen LogP contribution is -2.40. The fourth-order valence-electron chi connectivity index (χ4n) is 3.81. The van der Waals surface area contributed by atoms with Crippen molar-refractivity contribution in [3.8, 4) is 0 Å². The molecule has 9 nitrogen and oxygen atoms in total. The molecule has 36 heavy (non-hydrogen) atoms. The van der Waals surface area contributed by atoms with Crippen LogP contribution in [0, 0.1) is 5.82 Å². The molecule has 0 spiro atoms. The first-order valence-electron chi connectivity index (χ1n) is 11.6.